The van der Waals surface area contributed by atoms with Gasteiger partial charge in [-0.05, 0) is 24.7 Å². The van der Waals surface area contributed by atoms with Crippen molar-refractivity contribution in [2.75, 3.05) is 0 Å². The van der Waals surface area contributed by atoms with Gasteiger partial charge in [-0.25, -0.2) is 0 Å². The molecule has 0 aliphatic heterocycles. The Morgan fingerprint density at radius 2 is 2.17 bits per heavy atom. The molecule has 0 radical (unpaired) electrons. The second-order valence-electron chi connectivity index (χ2n) is 4.16. The van der Waals surface area contributed by atoms with Gasteiger partial charge in [-0.15, -0.1) is 0 Å². The maximum absolute atomic E-state index is 10.7. The topological polar surface area (TPSA) is 43.1 Å². The summed E-state index contributed by atoms with van der Waals surface area (Å²) in [6.07, 6.45) is 6.28. The van der Waals surface area contributed by atoms with Crippen LogP contribution in [-0.2, 0) is 4.79 Å². The van der Waals surface area contributed by atoms with Crippen LogP contribution in [0.2, 0.25) is 0 Å². The van der Waals surface area contributed by atoms with Gasteiger partial charge >= 0.3 is 0 Å². The number of hydrogen-bond acceptors (Lipinski definition) is 1. The Kier molecular flexibility index (Phi) is 2.55. The van der Waals surface area contributed by atoms with Crippen LogP contribution in [0.3, 0.4) is 0 Å². The lowest BCUT2D eigenvalue weighted by Gasteiger charge is -2.32. The molecule has 2 N–H and O–H groups in total. The first-order chi connectivity index (χ1) is 5.52. The molecule has 0 bridgehead atoms. The predicted octanol–water partition coefficient (Wildman–Crippen LogP) is 2.00. The van der Waals surface area contributed by atoms with E-state index in [-0.39, 0.29) is 11.3 Å². The first-order valence-electron chi connectivity index (χ1n) is 4.53. The summed E-state index contributed by atoms with van der Waals surface area (Å²) in [6.45, 7) is 4.36. The molecular formula is C10H17NO. The summed E-state index contributed by atoms with van der Waals surface area (Å²) < 4.78 is 0. The number of amides is 1. The van der Waals surface area contributed by atoms with E-state index in [0.29, 0.717) is 0 Å². The van der Waals surface area contributed by atoms with Crippen molar-refractivity contribution >= 4 is 5.91 Å². The molecule has 68 valence electrons. The van der Waals surface area contributed by atoms with E-state index in [1.54, 1.807) is 6.08 Å². The normalized spacial score (nSPS) is 25.7. The molecule has 0 aromatic rings. The highest BCUT2D eigenvalue weighted by molar-refractivity contribution is 5.86. The van der Waals surface area contributed by atoms with Crippen LogP contribution < -0.4 is 5.73 Å². The van der Waals surface area contributed by atoms with Crippen LogP contribution in [-0.4, -0.2) is 5.91 Å². The molecule has 0 saturated heterocycles. The second-order valence-corrected chi connectivity index (χ2v) is 4.16. The number of carbonyl (C=O) groups is 1. The van der Waals surface area contributed by atoms with E-state index < -0.39 is 0 Å². The van der Waals surface area contributed by atoms with Gasteiger partial charge in [0.05, 0.1) is 0 Å². The van der Waals surface area contributed by atoms with E-state index in [0.717, 1.165) is 6.42 Å². The third-order valence-corrected chi connectivity index (χ3v) is 2.68. The maximum Gasteiger partial charge on any atom is 0.241 e. The Labute approximate surface area is 73.8 Å². The summed E-state index contributed by atoms with van der Waals surface area (Å²) in [5.41, 5.74) is 6.54. The molecule has 1 rings (SSSR count). The van der Waals surface area contributed by atoms with Crippen molar-refractivity contribution < 1.29 is 4.79 Å². The molecule has 1 amide bonds. The zero-order chi connectivity index (χ0) is 9.19. The van der Waals surface area contributed by atoms with Crippen LogP contribution in [0.15, 0.2) is 11.6 Å². The lowest BCUT2D eigenvalue weighted by molar-refractivity contribution is -0.113. The van der Waals surface area contributed by atoms with Crippen molar-refractivity contribution in [3.05, 3.63) is 11.6 Å². The Morgan fingerprint density at radius 3 is 2.67 bits per heavy atom. The van der Waals surface area contributed by atoms with Gasteiger partial charge in [0.1, 0.15) is 0 Å². The first kappa shape index (κ1) is 9.30. The Hall–Kier alpha value is -0.790. The monoisotopic (exact) mass is 167 g/mol. The third-order valence-electron chi connectivity index (χ3n) is 2.68. The average Bonchev–Trinajstić information content (AvgIpc) is 1.92. The average molecular weight is 167 g/mol. The van der Waals surface area contributed by atoms with Crippen molar-refractivity contribution in [3.63, 3.8) is 0 Å². The highest BCUT2D eigenvalue weighted by atomic mass is 16.1. The van der Waals surface area contributed by atoms with Crippen molar-refractivity contribution in [2.45, 2.75) is 39.5 Å². The number of carbonyl (C=O) groups excluding carboxylic acids is 1. The minimum absolute atomic E-state index is 0.188. The van der Waals surface area contributed by atoms with Gasteiger partial charge < -0.3 is 5.73 Å². The fourth-order valence-corrected chi connectivity index (χ4v) is 1.82. The van der Waals surface area contributed by atoms with Crippen molar-refractivity contribution in [1.82, 2.24) is 0 Å². The summed E-state index contributed by atoms with van der Waals surface area (Å²) in [6, 6.07) is 0. The number of nitrogens with two attached hydrogens (primary N) is 1. The summed E-state index contributed by atoms with van der Waals surface area (Å²) >= 11 is 0. The predicted molar refractivity (Wildman–Crippen MR) is 49.5 cm³/mol. The van der Waals surface area contributed by atoms with Gasteiger partial charge in [-0.1, -0.05) is 25.8 Å². The van der Waals surface area contributed by atoms with Gasteiger partial charge in [-0.3, -0.25) is 4.79 Å². The summed E-state index contributed by atoms with van der Waals surface area (Å²) in [4.78, 5) is 10.7. The van der Waals surface area contributed by atoms with Crippen LogP contribution in [0.25, 0.3) is 0 Å². The largest absolute Gasteiger partial charge is 0.366 e. The first-order valence-corrected chi connectivity index (χ1v) is 4.53. The molecule has 0 atom stereocenters. The molecule has 0 aromatic carbocycles. The fourth-order valence-electron chi connectivity index (χ4n) is 1.82. The van der Waals surface area contributed by atoms with Gasteiger partial charge in [0.2, 0.25) is 5.91 Å². The highest BCUT2D eigenvalue weighted by Gasteiger charge is 2.26. The molecule has 0 spiro atoms. The minimum Gasteiger partial charge on any atom is -0.366 e. The number of primary amides is 1. The molecule has 2 heteroatoms. The summed E-state index contributed by atoms with van der Waals surface area (Å²) in [7, 11) is 0. The zero-order valence-corrected chi connectivity index (χ0v) is 7.89. The Bertz CT molecular complexity index is 216. The number of hydrogen-bond donors (Lipinski definition) is 1. The molecular weight excluding hydrogens is 150 g/mol. The SMILES string of the molecule is CC1(C)CCCC/C1=C\C(N)=O. The number of allylic oxidation sites excluding steroid dienone is 1. The van der Waals surface area contributed by atoms with E-state index in [9.17, 15) is 4.79 Å². The van der Waals surface area contributed by atoms with Crippen LogP contribution >= 0.6 is 0 Å². The molecule has 2 nitrogen and oxygen atoms in total. The summed E-state index contributed by atoms with van der Waals surface area (Å²) in [5, 5.41) is 0. The molecule has 1 aliphatic carbocycles. The molecule has 12 heavy (non-hydrogen) atoms. The smallest absolute Gasteiger partial charge is 0.241 e. The van der Waals surface area contributed by atoms with Crippen LogP contribution in [0.5, 0.6) is 0 Å². The molecule has 0 aromatic heterocycles. The van der Waals surface area contributed by atoms with E-state index in [4.69, 9.17) is 5.73 Å². The third kappa shape index (κ3) is 2.10. The standard InChI is InChI=1S/C10H17NO/c1-10(2)6-4-3-5-8(10)7-9(11)12/h7H,3-6H2,1-2H3,(H2,11,12)/b8-7+. The second kappa shape index (κ2) is 3.30. The molecule has 1 aliphatic rings. The lowest BCUT2D eigenvalue weighted by atomic mass is 9.73. The number of rotatable bonds is 1. The highest BCUT2D eigenvalue weighted by Crippen LogP contribution is 2.39. The fraction of sp³-hybridized carbons (Fsp3) is 0.700. The van der Waals surface area contributed by atoms with Crippen LogP contribution in [0, 0.1) is 5.41 Å². The maximum atomic E-state index is 10.7. The molecule has 1 saturated carbocycles. The van der Waals surface area contributed by atoms with Crippen LogP contribution in [0.4, 0.5) is 0 Å². The zero-order valence-electron chi connectivity index (χ0n) is 7.89. The van der Waals surface area contributed by atoms with E-state index in [1.165, 1.54) is 24.8 Å². The molecule has 0 heterocycles. The van der Waals surface area contributed by atoms with E-state index in [1.807, 2.05) is 0 Å². The van der Waals surface area contributed by atoms with E-state index in [2.05, 4.69) is 13.8 Å². The Morgan fingerprint density at radius 1 is 1.50 bits per heavy atom. The van der Waals surface area contributed by atoms with Gasteiger partial charge in [0.25, 0.3) is 0 Å². The van der Waals surface area contributed by atoms with Crippen molar-refractivity contribution in [2.24, 2.45) is 11.1 Å². The Balaban J connectivity index is 2.79. The van der Waals surface area contributed by atoms with Crippen molar-refractivity contribution in [3.8, 4) is 0 Å². The van der Waals surface area contributed by atoms with Crippen molar-refractivity contribution in [1.29, 1.82) is 0 Å². The van der Waals surface area contributed by atoms with E-state index >= 15 is 0 Å². The lowest BCUT2D eigenvalue weighted by Crippen LogP contribution is -2.21. The minimum atomic E-state index is -0.306. The summed E-state index contributed by atoms with van der Waals surface area (Å²) in [5.74, 6) is -0.306. The van der Waals surface area contributed by atoms with Gasteiger partial charge in [-0.2, -0.15) is 0 Å². The molecule has 0 unspecified atom stereocenters. The van der Waals surface area contributed by atoms with Crippen LogP contribution in [0.1, 0.15) is 39.5 Å². The quantitative estimate of drug-likeness (QED) is 0.596. The van der Waals surface area contributed by atoms with Gasteiger partial charge in [0.15, 0.2) is 0 Å². The van der Waals surface area contributed by atoms with Gasteiger partial charge in [0, 0.05) is 6.08 Å². The molecule has 1 fully saturated rings.